The molecule has 0 atom stereocenters. The molecule has 0 amide bonds. The van der Waals surface area contributed by atoms with Crippen molar-refractivity contribution in [2.45, 2.75) is 64.7 Å². The van der Waals surface area contributed by atoms with Gasteiger partial charge < -0.3 is 0 Å². The van der Waals surface area contributed by atoms with Crippen molar-refractivity contribution in [2.75, 3.05) is 0 Å². The Morgan fingerprint density at radius 2 is 1.72 bits per heavy atom. The van der Waals surface area contributed by atoms with Crippen molar-refractivity contribution in [2.24, 2.45) is 0 Å². The fourth-order valence-electron chi connectivity index (χ4n) is 2.09. The highest BCUT2D eigenvalue weighted by atomic mass is 16.1. The Bertz CT molecular complexity index is 321. The SMILES string of the molecule is CCCCCCCCCCC(=O)c1cccnc1. The Labute approximate surface area is 111 Å². The van der Waals surface area contributed by atoms with Gasteiger partial charge in [0.1, 0.15) is 0 Å². The van der Waals surface area contributed by atoms with Crippen molar-refractivity contribution in [1.29, 1.82) is 0 Å². The summed E-state index contributed by atoms with van der Waals surface area (Å²) >= 11 is 0. The molecule has 0 saturated carbocycles. The molecule has 1 heterocycles. The van der Waals surface area contributed by atoms with Crippen LogP contribution in [0, 0.1) is 0 Å². The summed E-state index contributed by atoms with van der Waals surface area (Å²) in [5, 5.41) is 0. The summed E-state index contributed by atoms with van der Waals surface area (Å²) in [5.74, 6) is 0.231. The molecule has 1 aromatic rings. The van der Waals surface area contributed by atoms with Gasteiger partial charge >= 0.3 is 0 Å². The van der Waals surface area contributed by atoms with E-state index >= 15 is 0 Å². The molecule has 0 fully saturated rings. The van der Waals surface area contributed by atoms with Gasteiger partial charge in [0.2, 0.25) is 0 Å². The number of aromatic nitrogens is 1. The van der Waals surface area contributed by atoms with Gasteiger partial charge in [-0.15, -0.1) is 0 Å². The molecule has 0 unspecified atom stereocenters. The Morgan fingerprint density at radius 3 is 2.33 bits per heavy atom. The van der Waals surface area contributed by atoms with Gasteiger partial charge in [-0.2, -0.15) is 0 Å². The van der Waals surface area contributed by atoms with Crippen LogP contribution in [0.4, 0.5) is 0 Å². The maximum absolute atomic E-state index is 11.8. The van der Waals surface area contributed by atoms with Crippen LogP contribution in [0.15, 0.2) is 24.5 Å². The van der Waals surface area contributed by atoms with Crippen LogP contribution in [0.2, 0.25) is 0 Å². The van der Waals surface area contributed by atoms with E-state index in [9.17, 15) is 4.79 Å². The third-order valence-electron chi connectivity index (χ3n) is 3.24. The molecule has 2 nitrogen and oxygen atoms in total. The summed E-state index contributed by atoms with van der Waals surface area (Å²) in [6.07, 6.45) is 14.2. The van der Waals surface area contributed by atoms with Crippen LogP contribution in [0.25, 0.3) is 0 Å². The van der Waals surface area contributed by atoms with Gasteiger partial charge in [0.15, 0.2) is 5.78 Å². The first-order chi connectivity index (χ1) is 8.84. The highest BCUT2D eigenvalue weighted by Gasteiger charge is 2.04. The van der Waals surface area contributed by atoms with Gasteiger partial charge in [0.25, 0.3) is 0 Å². The molecule has 0 radical (unpaired) electrons. The second kappa shape index (κ2) is 9.81. The number of carbonyl (C=O) groups is 1. The lowest BCUT2D eigenvalue weighted by Gasteiger charge is -2.02. The van der Waals surface area contributed by atoms with Crippen molar-refractivity contribution >= 4 is 5.78 Å². The van der Waals surface area contributed by atoms with Crippen molar-refractivity contribution in [3.8, 4) is 0 Å². The molecular formula is C16H25NO. The fraction of sp³-hybridized carbons (Fsp3) is 0.625. The van der Waals surface area contributed by atoms with Crippen LogP contribution in [0.5, 0.6) is 0 Å². The standard InChI is InChI=1S/C16H25NO/c1-2-3-4-5-6-7-8-9-12-16(18)15-11-10-13-17-14-15/h10-11,13-14H,2-9,12H2,1H3. The summed E-state index contributed by atoms with van der Waals surface area (Å²) in [4.78, 5) is 15.7. The number of hydrogen-bond acceptors (Lipinski definition) is 2. The number of Topliss-reactive ketones (excluding diaryl/α,β-unsaturated/α-hetero) is 1. The Hall–Kier alpha value is -1.18. The summed E-state index contributed by atoms with van der Waals surface area (Å²) in [7, 11) is 0. The van der Waals surface area contributed by atoms with Crippen LogP contribution in [0.3, 0.4) is 0 Å². The lowest BCUT2D eigenvalue weighted by Crippen LogP contribution is -1.99. The van der Waals surface area contributed by atoms with E-state index in [-0.39, 0.29) is 5.78 Å². The zero-order valence-electron chi connectivity index (χ0n) is 11.5. The average molecular weight is 247 g/mol. The van der Waals surface area contributed by atoms with Crippen molar-refractivity contribution in [1.82, 2.24) is 4.98 Å². The molecule has 0 aromatic carbocycles. The van der Waals surface area contributed by atoms with E-state index in [0.29, 0.717) is 6.42 Å². The largest absolute Gasteiger partial charge is 0.294 e. The van der Waals surface area contributed by atoms with Crippen LogP contribution < -0.4 is 0 Å². The number of ketones is 1. The van der Waals surface area contributed by atoms with Gasteiger partial charge in [-0.25, -0.2) is 0 Å². The molecule has 0 spiro atoms. The van der Waals surface area contributed by atoms with E-state index < -0.39 is 0 Å². The summed E-state index contributed by atoms with van der Waals surface area (Å²) in [6, 6.07) is 3.67. The molecule has 0 aliphatic heterocycles. The van der Waals surface area contributed by atoms with Crippen molar-refractivity contribution < 1.29 is 4.79 Å². The third-order valence-corrected chi connectivity index (χ3v) is 3.24. The van der Waals surface area contributed by atoms with E-state index in [1.54, 1.807) is 12.4 Å². The monoisotopic (exact) mass is 247 g/mol. The molecule has 2 heteroatoms. The molecule has 100 valence electrons. The predicted octanol–water partition coefficient (Wildman–Crippen LogP) is 4.80. The van der Waals surface area contributed by atoms with Gasteiger partial charge in [-0.1, -0.05) is 51.9 Å². The smallest absolute Gasteiger partial charge is 0.164 e. The van der Waals surface area contributed by atoms with Crippen molar-refractivity contribution in [3.63, 3.8) is 0 Å². The number of hydrogen-bond donors (Lipinski definition) is 0. The molecule has 0 N–H and O–H groups in total. The van der Waals surface area contributed by atoms with Crippen LogP contribution in [0.1, 0.15) is 75.1 Å². The number of nitrogens with zero attached hydrogens (tertiary/aromatic N) is 1. The third kappa shape index (κ3) is 6.53. The zero-order chi connectivity index (χ0) is 13.1. The first-order valence-electron chi connectivity index (χ1n) is 7.28. The summed E-state index contributed by atoms with van der Waals surface area (Å²) < 4.78 is 0. The highest BCUT2D eigenvalue weighted by Crippen LogP contribution is 2.11. The zero-order valence-corrected chi connectivity index (χ0v) is 11.5. The number of unbranched alkanes of at least 4 members (excludes halogenated alkanes) is 7. The number of rotatable bonds is 10. The quantitative estimate of drug-likeness (QED) is 0.439. The lowest BCUT2D eigenvalue weighted by molar-refractivity contribution is 0.0978. The van der Waals surface area contributed by atoms with E-state index in [4.69, 9.17) is 0 Å². The normalized spacial score (nSPS) is 10.5. The Balaban J connectivity index is 2.00. The van der Waals surface area contributed by atoms with Crippen molar-refractivity contribution in [3.05, 3.63) is 30.1 Å². The van der Waals surface area contributed by atoms with Crippen LogP contribution in [-0.4, -0.2) is 10.8 Å². The molecule has 0 saturated heterocycles. The Morgan fingerprint density at radius 1 is 1.06 bits per heavy atom. The van der Waals surface area contributed by atoms with Gasteiger partial charge in [-0.3, -0.25) is 9.78 Å². The molecule has 1 rings (SSSR count). The predicted molar refractivity (Wildman–Crippen MR) is 75.8 cm³/mol. The second-order valence-electron chi connectivity index (χ2n) is 4.89. The van der Waals surface area contributed by atoms with Crippen LogP contribution >= 0.6 is 0 Å². The number of pyridine rings is 1. The van der Waals surface area contributed by atoms with E-state index in [1.165, 1.54) is 44.9 Å². The fourth-order valence-corrected chi connectivity index (χ4v) is 2.09. The minimum Gasteiger partial charge on any atom is -0.294 e. The average Bonchev–Trinajstić information content (AvgIpc) is 2.42. The number of carbonyl (C=O) groups excluding carboxylic acids is 1. The van der Waals surface area contributed by atoms with E-state index in [0.717, 1.165) is 12.0 Å². The molecule has 0 bridgehead atoms. The van der Waals surface area contributed by atoms with Crippen LogP contribution in [-0.2, 0) is 0 Å². The maximum Gasteiger partial charge on any atom is 0.164 e. The molecule has 0 aliphatic carbocycles. The minimum atomic E-state index is 0.231. The second-order valence-corrected chi connectivity index (χ2v) is 4.89. The molecule has 1 aromatic heterocycles. The topological polar surface area (TPSA) is 30.0 Å². The van der Waals surface area contributed by atoms with Gasteiger partial charge in [0.05, 0.1) is 0 Å². The Kier molecular flexibility index (Phi) is 8.11. The van der Waals surface area contributed by atoms with E-state index in [1.807, 2.05) is 12.1 Å². The van der Waals surface area contributed by atoms with E-state index in [2.05, 4.69) is 11.9 Å². The molecular weight excluding hydrogens is 222 g/mol. The summed E-state index contributed by atoms with van der Waals surface area (Å²) in [5.41, 5.74) is 0.750. The maximum atomic E-state index is 11.8. The first kappa shape index (κ1) is 14.9. The first-order valence-corrected chi connectivity index (χ1v) is 7.28. The highest BCUT2D eigenvalue weighted by molar-refractivity contribution is 5.95. The lowest BCUT2D eigenvalue weighted by atomic mass is 10.0. The van der Waals surface area contributed by atoms with Gasteiger partial charge in [-0.05, 0) is 18.6 Å². The molecule has 0 aliphatic rings. The summed E-state index contributed by atoms with van der Waals surface area (Å²) in [6.45, 7) is 2.24. The van der Waals surface area contributed by atoms with Gasteiger partial charge in [0, 0.05) is 24.4 Å². The molecule has 18 heavy (non-hydrogen) atoms. The minimum absolute atomic E-state index is 0.231.